The van der Waals surface area contributed by atoms with E-state index in [9.17, 15) is 4.39 Å². The largest absolute Gasteiger partial charge is 0.399 e. The molecule has 0 saturated carbocycles. The minimum atomic E-state index is -0.333. The van der Waals surface area contributed by atoms with Crippen LogP contribution >= 0.6 is 0 Å². The van der Waals surface area contributed by atoms with Gasteiger partial charge in [0.1, 0.15) is 5.82 Å². The second-order valence-corrected chi connectivity index (χ2v) is 3.33. The van der Waals surface area contributed by atoms with Crippen molar-refractivity contribution in [1.29, 1.82) is 0 Å². The van der Waals surface area contributed by atoms with Crippen molar-refractivity contribution in [1.82, 2.24) is 0 Å². The van der Waals surface area contributed by atoms with Crippen molar-refractivity contribution < 1.29 is 4.39 Å². The number of anilines is 2. The van der Waals surface area contributed by atoms with Crippen molar-refractivity contribution in [2.24, 2.45) is 0 Å². The molecule has 2 nitrogen and oxygen atoms in total. The zero-order chi connectivity index (χ0) is 10.8. The van der Waals surface area contributed by atoms with Crippen molar-refractivity contribution in [3.8, 4) is 11.1 Å². The van der Waals surface area contributed by atoms with E-state index in [-0.39, 0.29) is 5.82 Å². The third kappa shape index (κ3) is 1.76. The first-order chi connectivity index (χ1) is 7.18. The summed E-state index contributed by atoms with van der Waals surface area (Å²) < 4.78 is 13.5. The van der Waals surface area contributed by atoms with Crippen molar-refractivity contribution in [3.05, 3.63) is 48.3 Å². The maximum absolute atomic E-state index is 13.5. The molecule has 0 aliphatic rings. The van der Waals surface area contributed by atoms with Crippen LogP contribution in [0.3, 0.4) is 0 Å². The predicted octanol–water partition coefficient (Wildman–Crippen LogP) is 2.66. The number of benzene rings is 2. The molecule has 0 aliphatic carbocycles. The number of nitrogens with two attached hydrogens (primary N) is 2. The summed E-state index contributed by atoms with van der Waals surface area (Å²) in [5.74, 6) is -0.333. The maximum Gasteiger partial charge on any atom is 0.133 e. The molecule has 0 spiro atoms. The average Bonchev–Trinajstić information content (AvgIpc) is 2.17. The maximum atomic E-state index is 13.5. The summed E-state index contributed by atoms with van der Waals surface area (Å²) in [6.07, 6.45) is 0. The van der Waals surface area contributed by atoms with Gasteiger partial charge in [-0.05, 0) is 29.8 Å². The van der Waals surface area contributed by atoms with Gasteiger partial charge in [-0.2, -0.15) is 0 Å². The second kappa shape index (κ2) is 3.61. The van der Waals surface area contributed by atoms with Crippen LogP contribution in [-0.2, 0) is 0 Å². The van der Waals surface area contributed by atoms with Crippen LogP contribution < -0.4 is 11.5 Å². The van der Waals surface area contributed by atoms with Gasteiger partial charge in [0, 0.05) is 16.9 Å². The summed E-state index contributed by atoms with van der Waals surface area (Å²) in [5, 5.41) is 0. The number of hydrogen-bond donors (Lipinski definition) is 2. The summed E-state index contributed by atoms with van der Waals surface area (Å²) in [5.41, 5.74) is 13.5. The molecule has 0 saturated heterocycles. The molecule has 2 aromatic carbocycles. The molecule has 0 fully saturated rings. The normalized spacial score (nSPS) is 10.2. The lowest BCUT2D eigenvalue weighted by atomic mass is 10.0. The minimum Gasteiger partial charge on any atom is -0.399 e. The van der Waals surface area contributed by atoms with E-state index in [1.54, 1.807) is 36.4 Å². The Morgan fingerprint density at radius 3 is 2.33 bits per heavy atom. The highest BCUT2D eigenvalue weighted by atomic mass is 19.1. The van der Waals surface area contributed by atoms with Gasteiger partial charge in [0.15, 0.2) is 0 Å². The molecule has 2 rings (SSSR count). The first-order valence-corrected chi connectivity index (χ1v) is 4.58. The Kier molecular flexibility index (Phi) is 2.29. The highest BCUT2D eigenvalue weighted by Crippen LogP contribution is 2.29. The predicted molar refractivity (Wildman–Crippen MR) is 60.7 cm³/mol. The van der Waals surface area contributed by atoms with Gasteiger partial charge in [-0.1, -0.05) is 18.2 Å². The Labute approximate surface area is 87.3 Å². The fourth-order valence-corrected chi connectivity index (χ4v) is 1.54. The standard InChI is InChI=1S/C12H11FN2/c13-10-5-2-6-11(15)12(10)8-3-1-4-9(14)7-8/h1-7H,14-15H2. The minimum absolute atomic E-state index is 0.333. The van der Waals surface area contributed by atoms with Crippen molar-refractivity contribution in [3.63, 3.8) is 0 Å². The SMILES string of the molecule is Nc1cccc(-c2c(N)cccc2F)c1. The Morgan fingerprint density at radius 2 is 1.67 bits per heavy atom. The average molecular weight is 202 g/mol. The lowest BCUT2D eigenvalue weighted by Gasteiger charge is -2.07. The third-order valence-corrected chi connectivity index (χ3v) is 2.22. The molecule has 3 heteroatoms. The molecule has 76 valence electrons. The van der Waals surface area contributed by atoms with Crippen LogP contribution in [-0.4, -0.2) is 0 Å². The zero-order valence-corrected chi connectivity index (χ0v) is 8.07. The van der Waals surface area contributed by atoms with Gasteiger partial charge in [0.2, 0.25) is 0 Å². The monoisotopic (exact) mass is 202 g/mol. The van der Waals surface area contributed by atoms with Crippen molar-refractivity contribution >= 4 is 11.4 Å². The van der Waals surface area contributed by atoms with Crippen molar-refractivity contribution in [2.45, 2.75) is 0 Å². The lowest BCUT2D eigenvalue weighted by molar-refractivity contribution is 0.632. The lowest BCUT2D eigenvalue weighted by Crippen LogP contribution is -1.94. The number of nitrogen functional groups attached to an aromatic ring is 2. The van der Waals surface area contributed by atoms with E-state index < -0.39 is 0 Å². The van der Waals surface area contributed by atoms with E-state index in [2.05, 4.69) is 0 Å². The van der Waals surface area contributed by atoms with E-state index in [4.69, 9.17) is 11.5 Å². The molecule has 15 heavy (non-hydrogen) atoms. The van der Waals surface area contributed by atoms with E-state index in [0.717, 1.165) is 0 Å². The van der Waals surface area contributed by atoms with Gasteiger partial charge in [0.25, 0.3) is 0 Å². The van der Waals surface area contributed by atoms with E-state index in [0.29, 0.717) is 22.5 Å². The highest BCUT2D eigenvalue weighted by molar-refractivity contribution is 5.78. The first-order valence-electron chi connectivity index (χ1n) is 4.58. The van der Waals surface area contributed by atoms with Gasteiger partial charge in [-0.3, -0.25) is 0 Å². The molecule has 2 aromatic rings. The fraction of sp³-hybridized carbons (Fsp3) is 0. The number of hydrogen-bond acceptors (Lipinski definition) is 2. The summed E-state index contributed by atoms with van der Waals surface area (Å²) in [6.45, 7) is 0. The summed E-state index contributed by atoms with van der Waals surface area (Å²) in [4.78, 5) is 0. The molecule has 0 aromatic heterocycles. The smallest absolute Gasteiger partial charge is 0.133 e. The van der Waals surface area contributed by atoms with Crippen LogP contribution in [0.5, 0.6) is 0 Å². The molecule has 0 radical (unpaired) electrons. The van der Waals surface area contributed by atoms with Crippen LogP contribution in [0.25, 0.3) is 11.1 Å². The molecule has 0 heterocycles. The highest BCUT2D eigenvalue weighted by Gasteiger charge is 2.08. The molecular weight excluding hydrogens is 191 g/mol. The van der Waals surface area contributed by atoms with Gasteiger partial charge in [-0.25, -0.2) is 4.39 Å². The summed E-state index contributed by atoms with van der Waals surface area (Å²) >= 11 is 0. The molecular formula is C12H11FN2. The van der Waals surface area contributed by atoms with Crippen LogP contribution in [0.2, 0.25) is 0 Å². The number of halogens is 1. The Hall–Kier alpha value is -2.03. The molecule has 0 amide bonds. The van der Waals surface area contributed by atoms with E-state index in [1.807, 2.05) is 0 Å². The van der Waals surface area contributed by atoms with E-state index >= 15 is 0 Å². The van der Waals surface area contributed by atoms with Gasteiger partial charge in [-0.15, -0.1) is 0 Å². The van der Waals surface area contributed by atoms with E-state index in [1.165, 1.54) is 6.07 Å². The van der Waals surface area contributed by atoms with Gasteiger partial charge < -0.3 is 11.5 Å². The van der Waals surface area contributed by atoms with Crippen LogP contribution in [0, 0.1) is 5.82 Å². The second-order valence-electron chi connectivity index (χ2n) is 3.33. The van der Waals surface area contributed by atoms with Gasteiger partial charge in [0.05, 0.1) is 0 Å². The van der Waals surface area contributed by atoms with Crippen LogP contribution in [0.1, 0.15) is 0 Å². The molecule has 0 unspecified atom stereocenters. The molecule has 0 aliphatic heterocycles. The first kappa shape index (κ1) is 9.52. The van der Waals surface area contributed by atoms with Crippen LogP contribution in [0.15, 0.2) is 42.5 Å². The molecule has 0 bridgehead atoms. The zero-order valence-electron chi connectivity index (χ0n) is 8.07. The van der Waals surface area contributed by atoms with Crippen molar-refractivity contribution in [2.75, 3.05) is 11.5 Å². The van der Waals surface area contributed by atoms with Gasteiger partial charge >= 0.3 is 0 Å². The Balaban J connectivity index is 2.63. The third-order valence-electron chi connectivity index (χ3n) is 2.22. The number of rotatable bonds is 1. The molecule has 4 N–H and O–H groups in total. The molecule has 0 atom stereocenters. The fourth-order valence-electron chi connectivity index (χ4n) is 1.54. The summed E-state index contributed by atoms with van der Waals surface area (Å²) in [6, 6.07) is 11.6. The Morgan fingerprint density at radius 1 is 0.933 bits per heavy atom. The topological polar surface area (TPSA) is 52.0 Å². The van der Waals surface area contributed by atoms with Crippen LogP contribution in [0.4, 0.5) is 15.8 Å². The summed E-state index contributed by atoms with van der Waals surface area (Å²) in [7, 11) is 0. The quantitative estimate of drug-likeness (QED) is 0.698. The Bertz CT molecular complexity index is 474.